The number of carbonyl (C=O) groups excluding carboxylic acids is 1. The Kier molecular flexibility index (Phi) is 7.39. The molecule has 0 aliphatic carbocycles. The summed E-state index contributed by atoms with van der Waals surface area (Å²) < 4.78 is 5.89. The third-order valence-corrected chi connectivity index (χ3v) is 4.71. The topological polar surface area (TPSA) is 61.8 Å². The van der Waals surface area contributed by atoms with E-state index in [2.05, 4.69) is 18.3 Å². The predicted octanol–water partition coefficient (Wildman–Crippen LogP) is 2.84. The number of aryl methyl sites for hydroxylation is 2. The molecule has 5 heteroatoms. The Hall–Kier alpha value is -2.37. The molecule has 0 radical (unpaired) electrons. The zero-order chi connectivity index (χ0) is 20.0. The molecular formula is C22H30N2O3. The number of aliphatic hydroxyl groups excluding tert-OH is 1. The molecule has 1 unspecified atom stereocenters. The number of amides is 1. The van der Waals surface area contributed by atoms with E-state index in [4.69, 9.17) is 4.74 Å². The van der Waals surface area contributed by atoms with Crippen molar-refractivity contribution in [2.45, 2.75) is 33.4 Å². The van der Waals surface area contributed by atoms with Crippen LogP contribution in [0.3, 0.4) is 0 Å². The van der Waals surface area contributed by atoms with Gasteiger partial charge in [0.05, 0.1) is 0 Å². The first-order valence-corrected chi connectivity index (χ1v) is 9.19. The summed E-state index contributed by atoms with van der Waals surface area (Å²) in [5.41, 5.74) is 5.11. The van der Waals surface area contributed by atoms with Gasteiger partial charge in [-0.3, -0.25) is 9.69 Å². The molecule has 0 fully saturated rings. The van der Waals surface area contributed by atoms with E-state index in [0.717, 1.165) is 22.4 Å². The molecule has 27 heavy (non-hydrogen) atoms. The summed E-state index contributed by atoms with van der Waals surface area (Å²) in [5.74, 6) is 0.769. The zero-order valence-electron chi connectivity index (χ0n) is 16.9. The summed E-state index contributed by atoms with van der Waals surface area (Å²) in [7, 11) is 3.58. The van der Waals surface area contributed by atoms with Crippen molar-refractivity contribution < 1.29 is 14.6 Å². The summed E-state index contributed by atoms with van der Waals surface area (Å²) in [6.45, 7) is 7.56. The molecule has 5 nitrogen and oxygen atoms in total. The third-order valence-electron chi connectivity index (χ3n) is 4.71. The smallest absolute Gasteiger partial charge is 0.251 e. The predicted molar refractivity (Wildman–Crippen MR) is 108 cm³/mol. The minimum absolute atomic E-state index is 0.0933. The molecule has 0 spiro atoms. The van der Waals surface area contributed by atoms with Crippen molar-refractivity contribution in [3.05, 3.63) is 64.2 Å². The summed E-state index contributed by atoms with van der Waals surface area (Å²) in [6, 6.07) is 11.6. The first-order chi connectivity index (χ1) is 12.8. The van der Waals surface area contributed by atoms with Crippen molar-refractivity contribution in [1.29, 1.82) is 0 Å². The maximum Gasteiger partial charge on any atom is 0.251 e. The van der Waals surface area contributed by atoms with Crippen molar-refractivity contribution in [3.63, 3.8) is 0 Å². The van der Waals surface area contributed by atoms with Gasteiger partial charge in [0.2, 0.25) is 0 Å². The van der Waals surface area contributed by atoms with Crippen LogP contribution in [0.1, 0.15) is 32.6 Å². The lowest BCUT2D eigenvalue weighted by atomic mass is 10.1. The molecule has 1 amide bonds. The Morgan fingerprint density at radius 2 is 1.74 bits per heavy atom. The van der Waals surface area contributed by atoms with Crippen LogP contribution in [0, 0.1) is 20.8 Å². The van der Waals surface area contributed by atoms with Gasteiger partial charge in [-0.05, 0) is 62.2 Å². The molecule has 146 valence electrons. The van der Waals surface area contributed by atoms with Crippen LogP contribution in [-0.4, -0.2) is 49.3 Å². The van der Waals surface area contributed by atoms with Crippen molar-refractivity contribution in [3.8, 4) is 5.75 Å². The Morgan fingerprint density at radius 3 is 2.37 bits per heavy atom. The SMILES string of the molecule is CNC(=O)c1ccc(CN(C)CC(O)COc2c(C)ccc(C)c2C)cc1. The van der Waals surface area contributed by atoms with Crippen LogP contribution in [0.4, 0.5) is 0 Å². The number of likely N-dealkylation sites (N-methyl/N-ethyl adjacent to an activating group) is 1. The van der Waals surface area contributed by atoms with E-state index in [-0.39, 0.29) is 12.5 Å². The highest BCUT2D eigenvalue weighted by Crippen LogP contribution is 2.25. The van der Waals surface area contributed by atoms with Crippen molar-refractivity contribution in [2.75, 3.05) is 27.2 Å². The van der Waals surface area contributed by atoms with E-state index >= 15 is 0 Å². The lowest BCUT2D eigenvalue weighted by Crippen LogP contribution is -2.33. The van der Waals surface area contributed by atoms with Crippen LogP contribution < -0.4 is 10.1 Å². The lowest BCUT2D eigenvalue weighted by Gasteiger charge is -2.22. The van der Waals surface area contributed by atoms with E-state index in [1.54, 1.807) is 7.05 Å². The number of hydrogen-bond acceptors (Lipinski definition) is 4. The first-order valence-electron chi connectivity index (χ1n) is 9.19. The molecule has 0 saturated heterocycles. The average Bonchev–Trinajstić information content (AvgIpc) is 2.64. The minimum atomic E-state index is -0.584. The van der Waals surface area contributed by atoms with Gasteiger partial charge < -0.3 is 15.2 Å². The minimum Gasteiger partial charge on any atom is -0.490 e. The Balaban J connectivity index is 1.86. The second kappa shape index (κ2) is 9.53. The summed E-state index contributed by atoms with van der Waals surface area (Å²) in [4.78, 5) is 13.6. The third kappa shape index (κ3) is 5.81. The quantitative estimate of drug-likeness (QED) is 0.750. The number of rotatable bonds is 8. The van der Waals surface area contributed by atoms with Crippen LogP contribution in [0.2, 0.25) is 0 Å². The standard InChI is InChI=1S/C22H30N2O3/c1-15-6-7-16(2)21(17(15)3)27-14-20(25)13-24(5)12-18-8-10-19(11-9-18)22(26)23-4/h6-11,20,25H,12-14H2,1-5H3,(H,23,26). The van der Waals surface area contributed by atoms with E-state index in [1.165, 1.54) is 5.56 Å². The van der Waals surface area contributed by atoms with Crippen LogP contribution in [0.25, 0.3) is 0 Å². The van der Waals surface area contributed by atoms with Gasteiger partial charge in [-0.1, -0.05) is 24.3 Å². The number of carbonyl (C=O) groups is 1. The Labute approximate surface area is 162 Å². The molecule has 2 aromatic carbocycles. The fourth-order valence-corrected chi connectivity index (χ4v) is 3.02. The van der Waals surface area contributed by atoms with E-state index in [9.17, 15) is 9.90 Å². The van der Waals surface area contributed by atoms with E-state index < -0.39 is 6.10 Å². The molecule has 0 aromatic heterocycles. The fourth-order valence-electron chi connectivity index (χ4n) is 3.02. The van der Waals surface area contributed by atoms with Gasteiger partial charge in [-0.25, -0.2) is 0 Å². The highest BCUT2D eigenvalue weighted by molar-refractivity contribution is 5.93. The fraction of sp³-hybridized carbons (Fsp3) is 0.409. The number of hydrogen-bond donors (Lipinski definition) is 2. The highest BCUT2D eigenvalue weighted by atomic mass is 16.5. The number of ether oxygens (including phenoxy) is 1. The number of nitrogens with one attached hydrogen (secondary N) is 1. The number of benzene rings is 2. The molecule has 0 bridgehead atoms. The number of nitrogens with zero attached hydrogens (tertiary/aromatic N) is 1. The molecule has 1 atom stereocenters. The van der Waals surface area contributed by atoms with Crippen LogP contribution in [-0.2, 0) is 6.54 Å². The van der Waals surface area contributed by atoms with Gasteiger partial charge in [-0.15, -0.1) is 0 Å². The monoisotopic (exact) mass is 370 g/mol. The molecule has 2 N–H and O–H groups in total. The molecule has 0 heterocycles. The zero-order valence-corrected chi connectivity index (χ0v) is 16.9. The van der Waals surface area contributed by atoms with Gasteiger partial charge in [0.15, 0.2) is 0 Å². The normalized spacial score (nSPS) is 12.1. The number of aliphatic hydroxyl groups is 1. The Morgan fingerprint density at radius 1 is 1.11 bits per heavy atom. The molecule has 0 aliphatic heterocycles. The highest BCUT2D eigenvalue weighted by Gasteiger charge is 2.13. The van der Waals surface area contributed by atoms with E-state index in [1.807, 2.05) is 56.1 Å². The van der Waals surface area contributed by atoms with Gasteiger partial charge in [-0.2, -0.15) is 0 Å². The molecule has 2 rings (SSSR count). The van der Waals surface area contributed by atoms with Gasteiger partial charge in [0.25, 0.3) is 5.91 Å². The second-order valence-electron chi connectivity index (χ2n) is 7.09. The van der Waals surface area contributed by atoms with Crippen molar-refractivity contribution >= 4 is 5.91 Å². The Bertz CT molecular complexity index is 772. The molecular weight excluding hydrogens is 340 g/mol. The second-order valence-corrected chi connectivity index (χ2v) is 7.09. The first kappa shape index (κ1) is 20.9. The van der Waals surface area contributed by atoms with Gasteiger partial charge in [0, 0.05) is 25.7 Å². The van der Waals surface area contributed by atoms with Gasteiger partial charge >= 0.3 is 0 Å². The summed E-state index contributed by atoms with van der Waals surface area (Å²) in [6.07, 6.45) is -0.584. The summed E-state index contributed by atoms with van der Waals surface area (Å²) in [5, 5.41) is 12.9. The van der Waals surface area contributed by atoms with Crippen molar-refractivity contribution in [2.24, 2.45) is 0 Å². The van der Waals surface area contributed by atoms with Crippen LogP contribution in [0.5, 0.6) is 5.75 Å². The maximum atomic E-state index is 11.6. The maximum absolute atomic E-state index is 11.6. The van der Waals surface area contributed by atoms with E-state index in [0.29, 0.717) is 18.7 Å². The summed E-state index contributed by atoms with van der Waals surface area (Å²) >= 11 is 0. The lowest BCUT2D eigenvalue weighted by molar-refractivity contribution is 0.0738. The van der Waals surface area contributed by atoms with Crippen molar-refractivity contribution in [1.82, 2.24) is 10.2 Å². The van der Waals surface area contributed by atoms with Gasteiger partial charge in [0.1, 0.15) is 18.5 Å². The van der Waals surface area contributed by atoms with Crippen LogP contribution >= 0.6 is 0 Å². The molecule has 0 saturated carbocycles. The molecule has 0 aliphatic rings. The average molecular weight is 370 g/mol. The largest absolute Gasteiger partial charge is 0.490 e. The molecule has 2 aromatic rings. The van der Waals surface area contributed by atoms with Crippen LogP contribution in [0.15, 0.2) is 36.4 Å².